The largest absolute Gasteiger partial charge is 0.393 e. The third kappa shape index (κ3) is 14.4. The molecular formula is C28H40Cl2FN3O3. The molecule has 3 rings (SSSR count). The molecule has 0 saturated heterocycles. The van der Waals surface area contributed by atoms with Crippen molar-refractivity contribution in [2.24, 2.45) is 5.41 Å². The Morgan fingerprint density at radius 1 is 1.11 bits per heavy atom. The molecule has 9 heteroatoms. The number of benzene rings is 2. The minimum absolute atomic E-state index is 0.0228. The van der Waals surface area contributed by atoms with E-state index in [9.17, 15) is 14.0 Å². The maximum Gasteiger partial charge on any atom is 0.211 e. The monoisotopic (exact) mass is 555 g/mol. The summed E-state index contributed by atoms with van der Waals surface area (Å²) in [5.74, 6) is -0.267. The average Bonchev–Trinajstić information content (AvgIpc) is 3.21. The first-order chi connectivity index (χ1) is 17.3. The molecule has 206 valence electrons. The van der Waals surface area contributed by atoms with Crippen LogP contribution in [0, 0.1) is 11.2 Å². The first kappa shape index (κ1) is 32.8. The van der Waals surface area contributed by atoms with Crippen LogP contribution in [0.2, 0.25) is 10.0 Å². The summed E-state index contributed by atoms with van der Waals surface area (Å²) in [6.45, 7) is 11.9. The number of aliphatic hydroxyl groups excluding tert-OH is 1. The predicted octanol–water partition coefficient (Wildman–Crippen LogP) is 6.29. The van der Waals surface area contributed by atoms with Gasteiger partial charge >= 0.3 is 0 Å². The molecule has 2 aromatic carbocycles. The molecule has 1 aliphatic rings. The third-order valence-corrected chi connectivity index (χ3v) is 5.78. The van der Waals surface area contributed by atoms with Gasteiger partial charge in [0.1, 0.15) is 5.82 Å². The van der Waals surface area contributed by atoms with Gasteiger partial charge in [0.15, 0.2) is 0 Å². The molecule has 0 aliphatic heterocycles. The first-order valence-corrected chi connectivity index (χ1v) is 13.1. The Hall–Kier alpha value is -2.19. The highest BCUT2D eigenvalue weighted by Gasteiger charge is 2.21. The van der Waals surface area contributed by atoms with Crippen LogP contribution in [-0.2, 0) is 16.1 Å². The Morgan fingerprint density at radius 3 is 2.32 bits per heavy atom. The van der Waals surface area contributed by atoms with Crippen molar-refractivity contribution < 1.29 is 19.1 Å². The zero-order valence-corrected chi connectivity index (χ0v) is 23.8. The molecule has 0 spiro atoms. The summed E-state index contributed by atoms with van der Waals surface area (Å²) >= 11 is 11.7. The predicted molar refractivity (Wildman–Crippen MR) is 151 cm³/mol. The molecule has 0 aromatic heterocycles. The van der Waals surface area contributed by atoms with E-state index in [1.807, 2.05) is 24.3 Å². The number of hydrogen-bond acceptors (Lipinski definition) is 4. The summed E-state index contributed by atoms with van der Waals surface area (Å²) in [6, 6.07) is 10.6. The van der Waals surface area contributed by atoms with Crippen LogP contribution in [0.15, 0.2) is 36.4 Å². The normalized spacial score (nSPS) is 17.4. The second kappa shape index (κ2) is 16.6. The zero-order valence-electron chi connectivity index (χ0n) is 22.3. The molecule has 37 heavy (non-hydrogen) atoms. The van der Waals surface area contributed by atoms with Gasteiger partial charge < -0.3 is 21.1 Å². The number of carbonyl (C=O) groups is 2. The van der Waals surface area contributed by atoms with Crippen LogP contribution < -0.4 is 16.0 Å². The van der Waals surface area contributed by atoms with E-state index in [1.54, 1.807) is 0 Å². The summed E-state index contributed by atoms with van der Waals surface area (Å²) in [4.78, 5) is 20.5. The summed E-state index contributed by atoms with van der Waals surface area (Å²) in [5.41, 5.74) is 2.75. The quantitative estimate of drug-likeness (QED) is 0.273. The van der Waals surface area contributed by atoms with Gasteiger partial charge in [0.25, 0.3) is 0 Å². The molecule has 6 nitrogen and oxygen atoms in total. The highest BCUT2D eigenvalue weighted by atomic mass is 35.5. The molecule has 1 fully saturated rings. The van der Waals surface area contributed by atoms with E-state index in [-0.39, 0.29) is 23.1 Å². The summed E-state index contributed by atoms with van der Waals surface area (Å²) in [5, 5.41) is 18.1. The molecule has 0 radical (unpaired) electrons. The fourth-order valence-corrected chi connectivity index (χ4v) is 3.85. The van der Waals surface area contributed by atoms with E-state index in [0.29, 0.717) is 47.6 Å². The SMILES string of the molecule is CC(C)(C)C.CC(CNCc1cc(F)c(Cl)cc1NC=O)c1cccc(Cl)c1.O=CNC1CCC(O)C1. The second-order valence-corrected chi connectivity index (χ2v) is 11.6. The van der Waals surface area contributed by atoms with E-state index in [4.69, 9.17) is 28.3 Å². The van der Waals surface area contributed by atoms with Crippen LogP contribution in [0.25, 0.3) is 0 Å². The third-order valence-electron chi connectivity index (χ3n) is 5.25. The summed E-state index contributed by atoms with van der Waals surface area (Å²) < 4.78 is 13.6. The lowest BCUT2D eigenvalue weighted by Gasteiger charge is -2.15. The Morgan fingerprint density at radius 2 is 1.78 bits per heavy atom. The van der Waals surface area contributed by atoms with E-state index in [0.717, 1.165) is 24.8 Å². The summed E-state index contributed by atoms with van der Waals surface area (Å²) in [6.07, 6.45) is 3.51. The van der Waals surface area contributed by atoms with Crippen LogP contribution in [0.5, 0.6) is 0 Å². The van der Waals surface area contributed by atoms with Crippen molar-refractivity contribution in [2.75, 3.05) is 11.9 Å². The Balaban J connectivity index is 0.000000400. The molecule has 0 heterocycles. The van der Waals surface area contributed by atoms with Gasteiger partial charge in [0.2, 0.25) is 12.8 Å². The Bertz CT molecular complexity index is 980. The number of aliphatic hydroxyl groups is 1. The van der Waals surface area contributed by atoms with E-state index < -0.39 is 5.82 Å². The molecule has 2 amide bonds. The van der Waals surface area contributed by atoms with Gasteiger partial charge in [-0.05, 0) is 66.0 Å². The molecule has 4 N–H and O–H groups in total. The highest BCUT2D eigenvalue weighted by Crippen LogP contribution is 2.25. The van der Waals surface area contributed by atoms with E-state index >= 15 is 0 Å². The number of rotatable bonds is 9. The van der Waals surface area contributed by atoms with Gasteiger partial charge in [0, 0.05) is 29.8 Å². The second-order valence-electron chi connectivity index (χ2n) is 10.7. The summed E-state index contributed by atoms with van der Waals surface area (Å²) in [7, 11) is 0. The molecule has 2 aromatic rings. The van der Waals surface area contributed by atoms with Gasteiger partial charge in [0.05, 0.1) is 11.1 Å². The molecule has 3 atom stereocenters. The number of carbonyl (C=O) groups excluding carboxylic acids is 2. The lowest BCUT2D eigenvalue weighted by Crippen LogP contribution is -2.24. The molecular weight excluding hydrogens is 516 g/mol. The lowest BCUT2D eigenvalue weighted by atomic mass is 10.0. The van der Waals surface area contributed by atoms with Gasteiger partial charge in [-0.25, -0.2) is 4.39 Å². The fraction of sp³-hybridized carbons (Fsp3) is 0.500. The maximum atomic E-state index is 13.6. The van der Waals surface area contributed by atoms with Crippen LogP contribution in [0.3, 0.4) is 0 Å². The van der Waals surface area contributed by atoms with Crippen molar-refractivity contribution in [3.8, 4) is 0 Å². The van der Waals surface area contributed by atoms with Crippen LogP contribution in [-0.4, -0.2) is 36.6 Å². The average molecular weight is 557 g/mol. The number of halogens is 3. The highest BCUT2D eigenvalue weighted by molar-refractivity contribution is 6.31. The smallest absolute Gasteiger partial charge is 0.211 e. The Kier molecular flexibility index (Phi) is 14.7. The minimum Gasteiger partial charge on any atom is -0.393 e. The van der Waals surface area contributed by atoms with Crippen molar-refractivity contribution in [1.82, 2.24) is 10.6 Å². The van der Waals surface area contributed by atoms with Crippen molar-refractivity contribution in [3.63, 3.8) is 0 Å². The van der Waals surface area contributed by atoms with E-state index in [2.05, 4.69) is 50.6 Å². The van der Waals surface area contributed by atoms with Gasteiger partial charge in [-0.1, -0.05) is 70.0 Å². The molecule has 1 saturated carbocycles. The molecule has 0 bridgehead atoms. The van der Waals surface area contributed by atoms with Gasteiger partial charge in [-0.2, -0.15) is 0 Å². The number of amides is 2. The Labute approximate surface area is 230 Å². The lowest BCUT2D eigenvalue weighted by molar-refractivity contribution is -0.110. The van der Waals surface area contributed by atoms with Crippen LogP contribution in [0.1, 0.15) is 70.9 Å². The zero-order chi connectivity index (χ0) is 28.0. The van der Waals surface area contributed by atoms with Gasteiger partial charge in [-0.3, -0.25) is 9.59 Å². The minimum atomic E-state index is -0.511. The van der Waals surface area contributed by atoms with Crippen LogP contribution >= 0.6 is 23.2 Å². The van der Waals surface area contributed by atoms with Crippen molar-refractivity contribution in [1.29, 1.82) is 0 Å². The topological polar surface area (TPSA) is 90.5 Å². The van der Waals surface area contributed by atoms with Gasteiger partial charge in [-0.15, -0.1) is 0 Å². The first-order valence-electron chi connectivity index (χ1n) is 12.4. The molecule has 3 unspecified atom stereocenters. The number of hydrogen-bond donors (Lipinski definition) is 4. The van der Waals surface area contributed by atoms with Crippen molar-refractivity contribution in [2.45, 2.75) is 78.5 Å². The number of anilines is 1. The molecule has 1 aliphatic carbocycles. The maximum absolute atomic E-state index is 13.6. The van der Waals surface area contributed by atoms with E-state index in [1.165, 1.54) is 12.1 Å². The van der Waals surface area contributed by atoms with Crippen LogP contribution in [0.4, 0.5) is 10.1 Å². The van der Waals surface area contributed by atoms with Crippen molar-refractivity contribution in [3.05, 3.63) is 63.4 Å². The standard InChI is InChI=1S/C17H17Cl2FN2O.C6H11NO2.C5H12/c1-11(12-3-2-4-14(18)5-12)8-21-9-13-6-16(20)15(19)7-17(13)22-10-23;8-4-7-5-1-2-6(9)3-5;1-5(2,3)4/h2-7,10-11,21H,8-9H2,1H3,(H,22,23);4-6,9H,1-3H2,(H,7,8);1-4H3. The number of nitrogens with one attached hydrogen (secondary N) is 3. The van der Waals surface area contributed by atoms with Crippen molar-refractivity contribution >= 4 is 41.7 Å². The fourth-order valence-electron chi connectivity index (χ4n) is 3.49.